The molecule has 3 rings (SSSR count). The quantitative estimate of drug-likeness (QED) is 0.786. The molecule has 1 atom stereocenters. The van der Waals surface area contributed by atoms with E-state index in [2.05, 4.69) is 24.1 Å². The number of carbonyl (C=O) groups is 1. The highest BCUT2D eigenvalue weighted by molar-refractivity contribution is 7.93. The van der Waals surface area contributed by atoms with Gasteiger partial charge in [0.25, 0.3) is 5.91 Å². The molecule has 0 aliphatic carbocycles. The monoisotopic (exact) mass is 395 g/mol. The maximum Gasteiger partial charge on any atom is 0.251 e. The van der Waals surface area contributed by atoms with E-state index >= 15 is 0 Å². The molecule has 2 heterocycles. The van der Waals surface area contributed by atoms with E-state index in [9.17, 15) is 13.2 Å². The Morgan fingerprint density at radius 2 is 1.81 bits per heavy atom. The van der Waals surface area contributed by atoms with Gasteiger partial charge < -0.3 is 10.1 Å². The molecule has 0 spiro atoms. The van der Waals surface area contributed by atoms with Crippen LogP contribution in [0.3, 0.4) is 0 Å². The second-order valence-corrected chi connectivity index (χ2v) is 9.47. The number of anilines is 1. The maximum atomic E-state index is 12.5. The van der Waals surface area contributed by atoms with Gasteiger partial charge in [-0.15, -0.1) is 0 Å². The van der Waals surface area contributed by atoms with Crippen molar-refractivity contribution in [2.45, 2.75) is 26.3 Å². The Labute approximate surface area is 161 Å². The second-order valence-electron chi connectivity index (χ2n) is 7.46. The van der Waals surface area contributed by atoms with Crippen LogP contribution in [0.25, 0.3) is 0 Å². The Morgan fingerprint density at radius 1 is 1.15 bits per heavy atom. The summed E-state index contributed by atoms with van der Waals surface area (Å²) in [5.41, 5.74) is 1.16. The molecule has 0 bridgehead atoms. The van der Waals surface area contributed by atoms with E-state index in [0.29, 0.717) is 36.7 Å². The number of ether oxygens (including phenoxy) is 1. The molecular weight excluding hydrogens is 366 g/mol. The maximum absolute atomic E-state index is 12.5. The largest absolute Gasteiger partial charge is 0.379 e. The van der Waals surface area contributed by atoms with Crippen molar-refractivity contribution in [3.05, 3.63) is 29.8 Å². The molecule has 0 aromatic heterocycles. The van der Waals surface area contributed by atoms with Gasteiger partial charge in [0.2, 0.25) is 10.0 Å². The summed E-state index contributed by atoms with van der Waals surface area (Å²) in [6, 6.07) is 7.07. The van der Waals surface area contributed by atoms with E-state index in [1.807, 2.05) is 0 Å². The Morgan fingerprint density at radius 3 is 2.37 bits per heavy atom. The highest BCUT2D eigenvalue weighted by Crippen LogP contribution is 2.24. The minimum Gasteiger partial charge on any atom is -0.379 e. The molecule has 1 aromatic rings. The van der Waals surface area contributed by atoms with Crippen molar-refractivity contribution >= 4 is 21.6 Å². The summed E-state index contributed by atoms with van der Waals surface area (Å²) < 4.78 is 30.8. The minimum absolute atomic E-state index is 0.135. The van der Waals surface area contributed by atoms with Crippen LogP contribution in [-0.4, -0.2) is 70.4 Å². The van der Waals surface area contributed by atoms with E-state index in [0.717, 1.165) is 26.3 Å². The predicted molar refractivity (Wildman–Crippen MR) is 106 cm³/mol. The van der Waals surface area contributed by atoms with E-state index in [1.165, 1.54) is 4.31 Å². The molecule has 150 valence electrons. The number of carbonyl (C=O) groups excluding carboxylic acids is 1. The summed E-state index contributed by atoms with van der Waals surface area (Å²) in [4.78, 5) is 14.9. The summed E-state index contributed by atoms with van der Waals surface area (Å²) in [6.07, 6.45) is 0.642. The van der Waals surface area contributed by atoms with Gasteiger partial charge in [-0.05, 0) is 36.6 Å². The number of rotatable bonds is 6. The zero-order valence-electron chi connectivity index (χ0n) is 16.1. The molecule has 0 radical (unpaired) electrons. The van der Waals surface area contributed by atoms with Gasteiger partial charge in [-0.25, -0.2) is 8.42 Å². The topological polar surface area (TPSA) is 79.0 Å². The van der Waals surface area contributed by atoms with Crippen LogP contribution in [0.2, 0.25) is 0 Å². The van der Waals surface area contributed by atoms with Gasteiger partial charge in [0.05, 0.1) is 24.7 Å². The third-order valence-corrected chi connectivity index (χ3v) is 7.14. The fourth-order valence-electron chi connectivity index (χ4n) is 3.70. The summed E-state index contributed by atoms with van der Waals surface area (Å²) >= 11 is 0. The van der Waals surface area contributed by atoms with E-state index < -0.39 is 10.0 Å². The third-order valence-electron chi connectivity index (χ3n) is 5.27. The highest BCUT2D eigenvalue weighted by Gasteiger charge is 2.28. The summed E-state index contributed by atoms with van der Waals surface area (Å²) in [5.74, 6) is 0.476. The molecule has 2 saturated heterocycles. The molecule has 0 saturated carbocycles. The molecule has 2 aliphatic heterocycles. The second kappa shape index (κ2) is 8.58. The van der Waals surface area contributed by atoms with Gasteiger partial charge in [-0.2, -0.15) is 0 Å². The first-order valence-electron chi connectivity index (χ1n) is 9.59. The Hall–Kier alpha value is -1.64. The fourth-order valence-corrected chi connectivity index (χ4v) is 5.27. The number of benzene rings is 1. The fraction of sp³-hybridized carbons (Fsp3) is 0.632. The van der Waals surface area contributed by atoms with Crippen molar-refractivity contribution in [3.63, 3.8) is 0 Å². The van der Waals surface area contributed by atoms with Crippen LogP contribution in [0.4, 0.5) is 5.69 Å². The molecule has 2 fully saturated rings. The lowest BCUT2D eigenvalue weighted by Gasteiger charge is -2.36. The number of hydrogen-bond donors (Lipinski definition) is 1. The first-order valence-corrected chi connectivity index (χ1v) is 11.2. The molecule has 1 amide bonds. The molecule has 7 nitrogen and oxygen atoms in total. The lowest BCUT2D eigenvalue weighted by Crippen LogP contribution is -2.51. The Balaban J connectivity index is 1.60. The van der Waals surface area contributed by atoms with Crippen LogP contribution in [0.1, 0.15) is 30.6 Å². The molecule has 1 unspecified atom stereocenters. The van der Waals surface area contributed by atoms with Crippen molar-refractivity contribution in [1.82, 2.24) is 10.2 Å². The third kappa shape index (κ3) is 4.80. The van der Waals surface area contributed by atoms with Crippen LogP contribution >= 0.6 is 0 Å². The molecule has 1 aromatic carbocycles. The van der Waals surface area contributed by atoms with E-state index in [4.69, 9.17) is 4.74 Å². The van der Waals surface area contributed by atoms with E-state index in [-0.39, 0.29) is 17.7 Å². The lowest BCUT2D eigenvalue weighted by molar-refractivity contribution is 0.00673. The minimum atomic E-state index is -3.20. The highest BCUT2D eigenvalue weighted by atomic mass is 32.2. The molecule has 2 aliphatic rings. The first-order chi connectivity index (χ1) is 12.9. The standard InChI is InChI=1S/C19H29N3O4S/c1-15(2)18(21-9-11-26-12-10-21)14-20-19(23)16-4-6-17(7-5-16)22-8-3-13-27(22,24)25/h4-7,15,18H,3,8-14H2,1-2H3,(H,20,23). The van der Waals surface area contributed by atoms with Gasteiger partial charge >= 0.3 is 0 Å². The number of nitrogens with zero attached hydrogens (tertiary/aromatic N) is 2. The van der Waals surface area contributed by atoms with Crippen LogP contribution < -0.4 is 9.62 Å². The SMILES string of the molecule is CC(C)C(CNC(=O)c1ccc(N2CCCS2(=O)=O)cc1)N1CCOCC1. The molecule has 1 N–H and O–H groups in total. The van der Waals surface area contributed by atoms with Gasteiger partial charge in [-0.3, -0.25) is 14.0 Å². The predicted octanol–water partition coefficient (Wildman–Crippen LogP) is 1.31. The number of amides is 1. The van der Waals surface area contributed by atoms with Crippen LogP contribution in [-0.2, 0) is 14.8 Å². The van der Waals surface area contributed by atoms with Gasteiger partial charge in [0.1, 0.15) is 0 Å². The van der Waals surface area contributed by atoms with Gasteiger partial charge in [0.15, 0.2) is 0 Å². The summed E-state index contributed by atoms with van der Waals surface area (Å²) in [5, 5.41) is 3.03. The molecular formula is C19H29N3O4S. The van der Waals surface area contributed by atoms with Crippen molar-refractivity contribution < 1.29 is 17.9 Å². The van der Waals surface area contributed by atoms with Crippen LogP contribution in [0.5, 0.6) is 0 Å². The number of nitrogens with one attached hydrogen (secondary N) is 1. The van der Waals surface area contributed by atoms with E-state index in [1.54, 1.807) is 24.3 Å². The molecule has 8 heteroatoms. The van der Waals surface area contributed by atoms with Crippen molar-refractivity contribution in [2.75, 3.05) is 49.5 Å². The lowest BCUT2D eigenvalue weighted by atomic mass is 10.0. The normalized spacial score (nSPS) is 21.4. The van der Waals surface area contributed by atoms with Gasteiger partial charge in [0, 0.05) is 37.8 Å². The van der Waals surface area contributed by atoms with Crippen molar-refractivity contribution in [3.8, 4) is 0 Å². The van der Waals surface area contributed by atoms with Crippen LogP contribution in [0, 0.1) is 5.92 Å². The summed E-state index contributed by atoms with van der Waals surface area (Å²) in [6.45, 7) is 8.66. The smallest absolute Gasteiger partial charge is 0.251 e. The summed E-state index contributed by atoms with van der Waals surface area (Å²) in [7, 11) is -3.20. The average Bonchev–Trinajstić information content (AvgIpc) is 3.01. The number of sulfonamides is 1. The average molecular weight is 396 g/mol. The van der Waals surface area contributed by atoms with Gasteiger partial charge in [-0.1, -0.05) is 13.8 Å². The Kier molecular flexibility index (Phi) is 6.39. The van der Waals surface area contributed by atoms with Crippen molar-refractivity contribution in [2.24, 2.45) is 5.92 Å². The zero-order chi connectivity index (χ0) is 19.4. The first kappa shape index (κ1) is 20.1. The molecule has 27 heavy (non-hydrogen) atoms. The zero-order valence-corrected chi connectivity index (χ0v) is 16.9. The van der Waals surface area contributed by atoms with Crippen LogP contribution in [0.15, 0.2) is 24.3 Å². The van der Waals surface area contributed by atoms with Crippen molar-refractivity contribution in [1.29, 1.82) is 0 Å². The number of morpholine rings is 1. The Bertz CT molecular complexity index is 743. The number of hydrogen-bond acceptors (Lipinski definition) is 5.